The van der Waals surface area contributed by atoms with Crippen molar-refractivity contribution in [1.29, 1.82) is 0 Å². The van der Waals surface area contributed by atoms with E-state index in [1.54, 1.807) is 31.3 Å². The van der Waals surface area contributed by atoms with Gasteiger partial charge in [0, 0.05) is 0 Å². The zero-order chi connectivity index (χ0) is 26.2. The van der Waals surface area contributed by atoms with Crippen molar-refractivity contribution >= 4 is 23.0 Å². The Balaban J connectivity index is 0.000000177. The maximum atomic E-state index is 11.4. The first-order valence-electron chi connectivity index (χ1n) is 11.0. The maximum Gasteiger partial charge on any atom is 0.341 e. The molecule has 36 heavy (non-hydrogen) atoms. The predicted octanol–water partition coefficient (Wildman–Crippen LogP) is 2.11. The number of methoxy groups -OCH3 is 2. The van der Waals surface area contributed by atoms with Crippen LogP contribution in [0, 0.1) is 0 Å². The molecule has 1 saturated heterocycles. The van der Waals surface area contributed by atoms with E-state index in [4.69, 9.17) is 19.7 Å². The van der Waals surface area contributed by atoms with Crippen molar-refractivity contribution in [3.05, 3.63) is 60.2 Å². The molecule has 0 saturated carbocycles. The molecule has 0 spiro atoms. The molecule has 1 aliphatic rings. The number of nitrogens with zero attached hydrogens (tertiary/aromatic N) is 4. The number of ether oxygens (including phenoxy) is 4. The number of aromatic nitrogens is 4. The first-order chi connectivity index (χ1) is 17.2. The predicted molar refractivity (Wildman–Crippen MR) is 127 cm³/mol. The van der Waals surface area contributed by atoms with Crippen molar-refractivity contribution in [2.45, 2.75) is 26.1 Å². The highest BCUT2D eigenvalue weighted by Crippen LogP contribution is 2.17. The van der Waals surface area contributed by atoms with Gasteiger partial charge < -0.3 is 29.2 Å². The minimum atomic E-state index is -0.538. The van der Waals surface area contributed by atoms with Gasteiger partial charge >= 0.3 is 11.9 Å². The molecule has 2 atom stereocenters. The number of carbonyl (C=O) groups is 2. The number of aliphatic hydroxyl groups is 1. The highest BCUT2D eigenvalue weighted by Gasteiger charge is 2.14. The maximum absolute atomic E-state index is 11.4. The standard InChI is InChI=1S/C12H14N2O4.C9H8N2O3.C3H6O/c1-8(15)7-18-9-3-4-11-10(12(16)17-2)5-13-14(11)6-9;1-14-9(13)7-4-10-11-5-6(12)2-3-8(7)11;1-3-2-4-3/h3-6,8,15H,7H2,1-2H3;2-5,12H,1H3;3H,2H2,1H3/t8-;;3-/m1.1/s1. The number of fused-ring (bicyclic) bond motifs is 2. The summed E-state index contributed by atoms with van der Waals surface area (Å²) in [5, 5.41) is 26.2. The lowest BCUT2D eigenvalue weighted by Gasteiger charge is -2.08. The molecule has 4 aromatic rings. The van der Waals surface area contributed by atoms with Gasteiger partial charge in [0.15, 0.2) is 0 Å². The lowest BCUT2D eigenvalue weighted by atomic mass is 10.2. The summed E-state index contributed by atoms with van der Waals surface area (Å²) < 4.78 is 22.2. The molecule has 0 aliphatic carbocycles. The second-order valence-electron chi connectivity index (χ2n) is 7.82. The third kappa shape index (κ3) is 6.93. The first-order valence-corrected chi connectivity index (χ1v) is 11.0. The molecule has 192 valence electrons. The fraction of sp³-hybridized carbons (Fsp3) is 0.333. The van der Waals surface area contributed by atoms with Crippen LogP contribution in [0.4, 0.5) is 0 Å². The van der Waals surface area contributed by atoms with Crippen LogP contribution >= 0.6 is 0 Å². The van der Waals surface area contributed by atoms with E-state index >= 15 is 0 Å². The number of epoxide rings is 1. The normalized spacial score (nSPS) is 14.6. The number of hydrogen-bond donors (Lipinski definition) is 2. The molecule has 1 fully saturated rings. The second kappa shape index (κ2) is 12.0. The van der Waals surface area contributed by atoms with Crippen LogP contribution in [0.2, 0.25) is 0 Å². The summed E-state index contributed by atoms with van der Waals surface area (Å²) in [6.07, 6.45) is 5.95. The van der Waals surface area contributed by atoms with E-state index in [0.717, 1.165) is 6.61 Å². The van der Waals surface area contributed by atoms with Gasteiger partial charge in [-0.2, -0.15) is 10.2 Å². The van der Waals surface area contributed by atoms with E-state index in [0.29, 0.717) is 34.0 Å². The lowest BCUT2D eigenvalue weighted by molar-refractivity contribution is 0.0594. The largest absolute Gasteiger partial charge is 0.506 e. The van der Waals surface area contributed by atoms with Crippen LogP contribution < -0.4 is 4.74 Å². The number of esters is 2. The number of carbonyl (C=O) groups excluding carboxylic acids is 2. The molecule has 12 nitrogen and oxygen atoms in total. The molecule has 0 unspecified atom stereocenters. The lowest BCUT2D eigenvalue weighted by Crippen LogP contribution is -2.13. The van der Waals surface area contributed by atoms with Crippen LogP contribution in [0.5, 0.6) is 11.5 Å². The van der Waals surface area contributed by atoms with Crippen molar-refractivity contribution < 1.29 is 38.7 Å². The molecular formula is C24H28N4O8. The van der Waals surface area contributed by atoms with Crippen LogP contribution in [0.3, 0.4) is 0 Å². The van der Waals surface area contributed by atoms with E-state index in [9.17, 15) is 9.59 Å². The number of rotatable bonds is 5. The molecule has 2 N–H and O–H groups in total. The molecule has 0 amide bonds. The van der Waals surface area contributed by atoms with E-state index in [1.165, 1.54) is 47.9 Å². The fourth-order valence-electron chi connectivity index (χ4n) is 2.87. The van der Waals surface area contributed by atoms with Crippen LogP contribution in [0.15, 0.2) is 49.1 Å². The summed E-state index contributed by atoms with van der Waals surface area (Å²) in [6, 6.07) is 6.53. The molecule has 4 aromatic heterocycles. The van der Waals surface area contributed by atoms with Crippen LogP contribution in [-0.4, -0.2) is 81.0 Å². The van der Waals surface area contributed by atoms with Gasteiger partial charge in [0.2, 0.25) is 0 Å². The van der Waals surface area contributed by atoms with Crippen molar-refractivity contribution in [3.63, 3.8) is 0 Å². The Morgan fingerprint density at radius 3 is 2.00 bits per heavy atom. The number of pyridine rings is 2. The average Bonchev–Trinajstić information content (AvgIpc) is 3.37. The highest BCUT2D eigenvalue weighted by atomic mass is 16.6. The summed E-state index contributed by atoms with van der Waals surface area (Å²) in [5.41, 5.74) is 2.04. The van der Waals surface area contributed by atoms with Crippen molar-refractivity contribution in [2.75, 3.05) is 27.4 Å². The van der Waals surface area contributed by atoms with Gasteiger partial charge in [-0.05, 0) is 38.1 Å². The molecule has 0 bridgehead atoms. The van der Waals surface area contributed by atoms with Gasteiger partial charge in [0.1, 0.15) is 29.2 Å². The zero-order valence-electron chi connectivity index (χ0n) is 20.3. The van der Waals surface area contributed by atoms with Gasteiger partial charge in [-0.1, -0.05) is 0 Å². The summed E-state index contributed by atoms with van der Waals surface area (Å²) >= 11 is 0. The molecule has 5 heterocycles. The number of hydrogen-bond acceptors (Lipinski definition) is 10. The van der Waals surface area contributed by atoms with Gasteiger partial charge in [-0.25, -0.2) is 18.6 Å². The average molecular weight is 501 g/mol. The molecule has 1 aliphatic heterocycles. The smallest absolute Gasteiger partial charge is 0.341 e. The topological polar surface area (TPSA) is 149 Å². The van der Waals surface area contributed by atoms with Crippen LogP contribution in [-0.2, 0) is 14.2 Å². The van der Waals surface area contributed by atoms with E-state index in [2.05, 4.69) is 26.6 Å². The molecule has 12 heteroatoms. The Labute approximate surface area is 206 Å². The third-order valence-electron chi connectivity index (χ3n) is 4.79. The first kappa shape index (κ1) is 26.4. The Morgan fingerprint density at radius 2 is 1.53 bits per heavy atom. The molecular weight excluding hydrogens is 472 g/mol. The summed E-state index contributed by atoms with van der Waals surface area (Å²) in [6.45, 7) is 4.89. The van der Waals surface area contributed by atoms with E-state index in [-0.39, 0.29) is 12.4 Å². The third-order valence-corrected chi connectivity index (χ3v) is 4.79. The summed E-state index contributed by atoms with van der Waals surface area (Å²) in [7, 11) is 2.64. The quantitative estimate of drug-likeness (QED) is 0.308. The van der Waals surface area contributed by atoms with Crippen molar-refractivity contribution in [3.8, 4) is 11.5 Å². The Morgan fingerprint density at radius 1 is 1.03 bits per heavy atom. The monoisotopic (exact) mass is 500 g/mol. The molecule has 0 aromatic carbocycles. The van der Waals surface area contributed by atoms with Crippen molar-refractivity contribution in [1.82, 2.24) is 19.2 Å². The van der Waals surface area contributed by atoms with Crippen molar-refractivity contribution in [2.24, 2.45) is 0 Å². The number of aromatic hydroxyl groups is 1. The minimum Gasteiger partial charge on any atom is -0.506 e. The summed E-state index contributed by atoms with van der Waals surface area (Å²) in [5.74, 6) is -0.201. The summed E-state index contributed by atoms with van der Waals surface area (Å²) in [4.78, 5) is 22.7. The van der Waals surface area contributed by atoms with E-state index in [1.807, 2.05) is 0 Å². The number of aliphatic hydroxyl groups excluding tert-OH is 1. The highest BCUT2D eigenvalue weighted by molar-refractivity contribution is 5.97. The minimum absolute atomic E-state index is 0.0945. The van der Waals surface area contributed by atoms with Gasteiger partial charge in [-0.3, -0.25) is 0 Å². The SMILES string of the molecule is COC(=O)c1cnn2cc(O)ccc12.COC(=O)c1cnn2cc(OC[C@@H](C)O)ccc12.C[C@@H]1CO1. The van der Waals surface area contributed by atoms with Gasteiger partial charge in [-0.15, -0.1) is 0 Å². The Kier molecular flexibility index (Phi) is 8.81. The van der Waals surface area contributed by atoms with E-state index < -0.39 is 18.0 Å². The fourth-order valence-corrected chi connectivity index (χ4v) is 2.87. The Hall–Kier alpha value is -4.16. The van der Waals surface area contributed by atoms with Gasteiger partial charge in [0.05, 0.1) is 68.9 Å². The second-order valence-corrected chi connectivity index (χ2v) is 7.82. The molecule has 5 rings (SSSR count). The Bertz CT molecular complexity index is 1330. The van der Waals surface area contributed by atoms with Gasteiger partial charge in [0.25, 0.3) is 0 Å². The molecule has 0 radical (unpaired) electrons. The van der Waals surface area contributed by atoms with Crippen LogP contribution in [0.25, 0.3) is 11.0 Å². The van der Waals surface area contributed by atoms with Crippen LogP contribution in [0.1, 0.15) is 34.6 Å². The zero-order valence-corrected chi connectivity index (χ0v) is 20.3.